The molecule has 3 aromatic carbocycles. The Bertz CT molecular complexity index is 1500. The molecule has 164 valence electrons. The lowest BCUT2D eigenvalue weighted by Gasteiger charge is -2.26. The van der Waals surface area contributed by atoms with Gasteiger partial charge in [0.15, 0.2) is 11.5 Å². The van der Waals surface area contributed by atoms with Gasteiger partial charge in [-0.25, -0.2) is 0 Å². The highest BCUT2D eigenvalue weighted by molar-refractivity contribution is 5.94. The molecule has 6 rings (SSSR count). The van der Waals surface area contributed by atoms with Crippen LogP contribution in [0.3, 0.4) is 0 Å². The van der Waals surface area contributed by atoms with Crippen molar-refractivity contribution < 1.29 is 33.6 Å². The van der Waals surface area contributed by atoms with Crippen molar-refractivity contribution in [2.24, 2.45) is 0 Å². The molecule has 33 heavy (non-hydrogen) atoms. The summed E-state index contributed by atoms with van der Waals surface area (Å²) in [5.74, 6) is 0.0737. The summed E-state index contributed by atoms with van der Waals surface area (Å²) in [7, 11) is 0. The van der Waals surface area contributed by atoms with Crippen LogP contribution in [0.15, 0.2) is 64.0 Å². The van der Waals surface area contributed by atoms with Gasteiger partial charge in [-0.05, 0) is 35.4 Å². The summed E-state index contributed by atoms with van der Waals surface area (Å²) < 4.78 is 22.1. The molecule has 0 bridgehead atoms. The monoisotopic (exact) mass is 444 g/mol. The zero-order valence-electron chi connectivity index (χ0n) is 17.0. The van der Waals surface area contributed by atoms with Gasteiger partial charge in [0.05, 0.1) is 12.0 Å². The fourth-order valence-corrected chi connectivity index (χ4v) is 4.39. The van der Waals surface area contributed by atoms with Crippen LogP contribution in [0.5, 0.6) is 28.7 Å². The smallest absolute Gasteiger partial charge is 0.312 e. The van der Waals surface area contributed by atoms with Gasteiger partial charge < -0.3 is 28.8 Å². The van der Waals surface area contributed by atoms with E-state index in [0.29, 0.717) is 22.6 Å². The molecule has 0 fully saturated rings. The maximum absolute atomic E-state index is 13.4. The van der Waals surface area contributed by atoms with Crippen LogP contribution >= 0.6 is 0 Å². The van der Waals surface area contributed by atoms with E-state index in [1.165, 1.54) is 24.5 Å². The van der Waals surface area contributed by atoms with E-state index in [1.54, 1.807) is 24.3 Å². The van der Waals surface area contributed by atoms with E-state index >= 15 is 0 Å². The molecule has 0 aliphatic carbocycles. The molecule has 2 N–H and O–H groups in total. The standard InChI is InChI=1S/C25H16O8/c26-14-4-1-12(2-5-14)16-10-30-25-22-15(13-3-6-18-19(7-13)32-11-31-18)8-21(28)33-20(22)9-17(27)23(25)24(16)29/h1-7,9-10,15,26-27H,8,11H2/t15-/m0/s1. The van der Waals surface area contributed by atoms with Gasteiger partial charge in [0.25, 0.3) is 0 Å². The van der Waals surface area contributed by atoms with E-state index in [4.69, 9.17) is 18.6 Å². The first-order valence-electron chi connectivity index (χ1n) is 10.2. The number of esters is 1. The minimum Gasteiger partial charge on any atom is -0.508 e. The van der Waals surface area contributed by atoms with Crippen molar-refractivity contribution in [3.05, 3.63) is 76.1 Å². The SMILES string of the molecule is O=C1C[C@@H](c2ccc3c(c2)OCO3)c2c(cc(O)c3c(=O)c(-c4ccc(O)cc4)coc23)O1. The maximum atomic E-state index is 13.4. The lowest BCUT2D eigenvalue weighted by Crippen LogP contribution is -2.22. The molecule has 0 saturated heterocycles. The first-order valence-corrected chi connectivity index (χ1v) is 10.2. The molecular weight excluding hydrogens is 428 g/mol. The summed E-state index contributed by atoms with van der Waals surface area (Å²) in [6.07, 6.45) is 1.33. The van der Waals surface area contributed by atoms with Crippen LogP contribution < -0.4 is 19.6 Å². The molecule has 2 aliphatic heterocycles. The van der Waals surface area contributed by atoms with Crippen molar-refractivity contribution in [1.29, 1.82) is 0 Å². The number of ether oxygens (including phenoxy) is 3. The Morgan fingerprint density at radius 1 is 0.879 bits per heavy atom. The van der Waals surface area contributed by atoms with Gasteiger partial charge in [-0.1, -0.05) is 18.2 Å². The van der Waals surface area contributed by atoms with Crippen molar-refractivity contribution in [3.63, 3.8) is 0 Å². The van der Waals surface area contributed by atoms with Crippen LogP contribution in [-0.2, 0) is 4.79 Å². The Morgan fingerprint density at radius 2 is 1.67 bits per heavy atom. The van der Waals surface area contributed by atoms with Gasteiger partial charge in [0.1, 0.15) is 34.5 Å². The van der Waals surface area contributed by atoms with Crippen molar-refractivity contribution in [2.45, 2.75) is 12.3 Å². The number of aromatic hydroxyl groups is 2. The average molecular weight is 444 g/mol. The first kappa shape index (κ1) is 19.2. The fraction of sp³-hybridized carbons (Fsp3) is 0.120. The molecule has 2 aliphatic rings. The van der Waals surface area contributed by atoms with E-state index in [0.717, 1.165) is 5.56 Å². The zero-order valence-corrected chi connectivity index (χ0v) is 17.0. The predicted octanol–water partition coefficient (Wildman–Crippen LogP) is 4.04. The number of phenolic OH excluding ortho intramolecular Hbond substituents is 2. The second-order valence-corrected chi connectivity index (χ2v) is 7.88. The van der Waals surface area contributed by atoms with Crippen molar-refractivity contribution >= 4 is 16.9 Å². The van der Waals surface area contributed by atoms with Crippen LogP contribution in [-0.4, -0.2) is 23.0 Å². The van der Waals surface area contributed by atoms with Crippen LogP contribution in [0, 0.1) is 0 Å². The molecule has 3 heterocycles. The third-order valence-electron chi connectivity index (χ3n) is 5.95. The second kappa shape index (κ2) is 7.03. The van der Waals surface area contributed by atoms with Gasteiger partial charge in [0.2, 0.25) is 12.2 Å². The Labute approximate surface area is 186 Å². The lowest BCUT2D eigenvalue weighted by atomic mass is 9.84. The number of hydrogen-bond donors (Lipinski definition) is 2. The number of hydrogen-bond acceptors (Lipinski definition) is 8. The third kappa shape index (κ3) is 2.99. The quantitative estimate of drug-likeness (QED) is 0.352. The van der Waals surface area contributed by atoms with Crippen molar-refractivity contribution in [2.75, 3.05) is 6.79 Å². The number of fused-ring (bicyclic) bond motifs is 4. The number of carbonyl (C=O) groups is 1. The minimum atomic E-state index is -0.485. The maximum Gasteiger partial charge on any atom is 0.312 e. The molecule has 1 aromatic heterocycles. The summed E-state index contributed by atoms with van der Waals surface area (Å²) in [4.78, 5) is 25.7. The van der Waals surface area contributed by atoms with Gasteiger partial charge in [0, 0.05) is 17.5 Å². The lowest BCUT2D eigenvalue weighted by molar-refractivity contribution is -0.135. The summed E-state index contributed by atoms with van der Waals surface area (Å²) >= 11 is 0. The third-order valence-corrected chi connectivity index (χ3v) is 5.95. The summed E-state index contributed by atoms with van der Waals surface area (Å²) in [5, 5.41) is 20.2. The van der Waals surface area contributed by atoms with Crippen LogP contribution in [0.1, 0.15) is 23.5 Å². The Morgan fingerprint density at radius 3 is 2.48 bits per heavy atom. The summed E-state index contributed by atoms with van der Waals surface area (Å²) in [6.45, 7) is 0.119. The van der Waals surface area contributed by atoms with E-state index in [1.807, 2.05) is 6.07 Å². The van der Waals surface area contributed by atoms with E-state index in [2.05, 4.69) is 0 Å². The molecule has 0 spiro atoms. The van der Waals surface area contributed by atoms with E-state index in [-0.39, 0.29) is 47.0 Å². The van der Waals surface area contributed by atoms with E-state index in [9.17, 15) is 19.8 Å². The van der Waals surface area contributed by atoms with E-state index < -0.39 is 17.3 Å². The molecule has 0 amide bonds. The topological polar surface area (TPSA) is 115 Å². The molecule has 4 aromatic rings. The Hall–Kier alpha value is -4.46. The molecular formula is C25H16O8. The Kier molecular flexibility index (Phi) is 4.10. The van der Waals surface area contributed by atoms with Gasteiger partial charge in [-0.15, -0.1) is 0 Å². The normalized spacial score (nSPS) is 16.5. The van der Waals surface area contributed by atoms with Crippen LogP contribution in [0.2, 0.25) is 0 Å². The molecule has 1 atom stereocenters. The molecule has 8 nitrogen and oxygen atoms in total. The molecule has 0 saturated carbocycles. The zero-order chi connectivity index (χ0) is 22.7. The molecule has 8 heteroatoms. The highest BCUT2D eigenvalue weighted by Gasteiger charge is 2.34. The molecule has 0 unspecified atom stereocenters. The minimum absolute atomic E-state index is 0.0111. The number of rotatable bonds is 2. The highest BCUT2D eigenvalue weighted by Crippen LogP contribution is 2.47. The first-order chi connectivity index (χ1) is 16.0. The number of benzene rings is 3. The predicted molar refractivity (Wildman–Crippen MR) is 116 cm³/mol. The summed E-state index contributed by atoms with van der Waals surface area (Å²) in [5.41, 5.74) is 1.71. The van der Waals surface area contributed by atoms with Crippen LogP contribution in [0.4, 0.5) is 0 Å². The Balaban J connectivity index is 1.58. The molecule has 0 radical (unpaired) electrons. The average Bonchev–Trinajstić information content (AvgIpc) is 3.27. The fourth-order valence-electron chi connectivity index (χ4n) is 4.39. The van der Waals surface area contributed by atoms with Gasteiger partial charge in [-0.2, -0.15) is 0 Å². The second-order valence-electron chi connectivity index (χ2n) is 7.88. The van der Waals surface area contributed by atoms with Crippen molar-refractivity contribution in [3.8, 4) is 39.9 Å². The number of phenols is 2. The largest absolute Gasteiger partial charge is 0.508 e. The number of carbonyl (C=O) groups excluding carboxylic acids is 1. The van der Waals surface area contributed by atoms with Crippen LogP contribution in [0.25, 0.3) is 22.1 Å². The summed E-state index contributed by atoms with van der Waals surface area (Å²) in [6, 6.07) is 12.7. The van der Waals surface area contributed by atoms with Crippen molar-refractivity contribution in [1.82, 2.24) is 0 Å². The van der Waals surface area contributed by atoms with Gasteiger partial charge in [-0.3, -0.25) is 9.59 Å². The highest BCUT2D eigenvalue weighted by atomic mass is 16.7. The van der Waals surface area contributed by atoms with Gasteiger partial charge >= 0.3 is 5.97 Å².